The van der Waals surface area contributed by atoms with Gasteiger partial charge in [-0.1, -0.05) is 30.3 Å². The van der Waals surface area contributed by atoms with Crippen molar-refractivity contribution in [3.05, 3.63) is 53.9 Å². The van der Waals surface area contributed by atoms with Gasteiger partial charge in [0.25, 0.3) is 5.91 Å². The lowest BCUT2D eigenvalue weighted by Gasteiger charge is -2.19. The Morgan fingerprint density at radius 1 is 1.16 bits per heavy atom. The van der Waals surface area contributed by atoms with Crippen molar-refractivity contribution in [3.8, 4) is 0 Å². The monoisotopic (exact) mass is 339 g/mol. The molecule has 0 bridgehead atoms. The minimum atomic E-state index is -0.597. The van der Waals surface area contributed by atoms with Crippen molar-refractivity contribution in [1.82, 2.24) is 20.8 Å². The Kier molecular flexibility index (Phi) is 4.33. The number of benzene rings is 1. The maximum absolute atomic E-state index is 11.3. The van der Waals surface area contributed by atoms with Gasteiger partial charge in [0.05, 0.1) is 5.56 Å². The molecule has 0 spiro atoms. The van der Waals surface area contributed by atoms with Gasteiger partial charge >= 0.3 is 0 Å². The number of carbonyl (C=O) groups is 1. The quantitative estimate of drug-likeness (QED) is 0.539. The van der Waals surface area contributed by atoms with E-state index in [0.717, 1.165) is 32.1 Å². The van der Waals surface area contributed by atoms with Crippen molar-refractivity contribution in [2.45, 2.75) is 6.54 Å². The van der Waals surface area contributed by atoms with Gasteiger partial charge in [-0.25, -0.2) is 15.4 Å². The molecule has 25 heavy (non-hydrogen) atoms. The lowest BCUT2D eigenvalue weighted by atomic mass is 10.2. The summed E-state index contributed by atoms with van der Waals surface area (Å²) in [6.07, 6.45) is 2.88. The zero-order valence-corrected chi connectivity index (χ0v) is 13.8. The minimum absolute atomic E-state index is 0.249. The highest BCUT2D eigenvalue weighted by Crippen LogP contribution is 2.51. The normalized spacial score (nSPS) is 24.0. The summed E-state index contributed by atoms with van der Waals surface area (Å²) in [5, 5.41) is 12.2. The van der Waals surface area contributed by atoms with Crippen LogP contribution in [0.2, 0.25) is 0 Å². The van der Waals surface area contributed by atoms with Gasteiger partial charge in [0, 0.05) is 32.0 Å². The first-order valence-corrected chi connectivity index (χ1v) is 8.52. The summed E-state index contributed by atoms with van der Waals surface area (Å²) in [5.41, 5.74) is 3.15. The number of nitrogens with one attached hydrogen (secondary N) is 2. The third kappa shape index (κ3) is 3.33. The molecule has 4 rings (SSSR count). The Hall–Kier alpha value is -2.51. The van der Waals surface area contributed by atoms with E-state index in [-0.39, 0.29) is 5.56 Å². The fraction of sp³-hybridized carbons (Fsp3) is 0.389. The molecule has 2 atom stereocenters. The highest BCUT2D eigenvalue weighted by molar-refractivity contribution is 5.92. The Morgan fingerprint density at radius 2 is 1.84 bits per heavy atom. The number of carbonyl (C=O) groups excluding carboxylic acids is 1. The van der Waals surface area contributed by atoms with Crippen LogP contribution in [-0.2, 0) is 6.54 Å². The maximum atomic E-state index is 11.3. The fourth-order valence-electron chi connectivity index (χ4n) is 3.76. The first-order valence-electron chi connectivity index (χ1n) is 8.52. The van der Waals surface area contributed by atoms with Crippen molar-refractivity contribution in [1.29, 1.82) is 0 Å². The number of amides is 1. The smallest absolute Gasteiger partial charge is 0.277 e. The molecule has 2 heterocycles. The van der Waals surface area contributed by atoms with Crippen LogP contribution in [0.3, 0.4) is 0 Å². The largest absolute Gasteiger partial charge is 0.340 e. The molecule has 2 fully saturated rings. The molecule has 7 nitrogen and oxygen atoms in total. The number of piperidine rings is 1. The Bertz CT molecular complexity index is 725. The number of hydrogen-bond donors (Lipinski definition) is 3. The summed E-state index contributed by atoms with van der Waals surface area (Å²) in [4.78, 5) is 21.9. The minimum Gasteiger partial charge on any atom is -0.340 e. The second-order valence-electron chi connectivity index (χ2n) is 6.73. The van der Waals surface area contributed by atoms with Crippen molar-refractivity contribution < 1.29 is 10.0 Å². The van der Waals surface area contributed by atoms with Crippen LogP contribution in [0.4, 0.5) is 5.95 Å². The molecule has 1 aliphatic carbocycles. The van der Waals surface area contributed by atoms with Crippen molar-refractivity contribution in [2.24, 2.45) is 17.8 Å². The van der Waals surface area contributed by atoms with Crippen LogP contribution in [-0.4, -0.2) is 40.7 Å². The van der Waals surface area contributed by atoms with Crippen LogP contribution in [0.5, 0.6) is 0 Å². The molecular formula is C18H21N5O2. The molecule has 1 saturated carbocycles. The van der Waals surface area contributed by atoms with E-state index in [1.54, 1.807) is 5.48 Å². The number of fused-ring (bicyclic) bond motifs is 1. The fourth-order valence-corrected chi connectivity index (χ4v) is 3.76. The van der Waals surface area contributed by atoms with Gasteiger partial charge in [-0.3, -0.25) is 10.0 Å². The van der Waals surface area contributed by atoms with Gasteiger partial charge in [-0.15, -0.1) is 0 Å². The predicted octanol–water partition coefficient (Wildman–Crippen LogP) is 1.07. The molecular weight excluding hydrogens is 318 g/mol. The third-order valence-corrected chi connectivity index (χ3v) is 5.21. The maximum Gasteiger partial charge on any atom is 0.277 e. The summed E-state index contributed by atoms with van der Waals surface area (Å²) < 4.78 is 0. The zero-order chi connectivity index (χ0) is 17.2. The van der Waals surface area contributed by atoms with Crippen LogP contribution in [0, 0.1) is 17.8 Å². The molecule has 7 heteroatoms. The second-order valence-corrected chi connectivity index (χ2v) is 6.73. The SMILES string of the molecule is O=C(NO)c1cnc(N2CC3C(CNCc4ccccc4)C3C2)nc1. The molecule has 3 N–H and O–H groups in total. The van der Waals surface area contributed by atoms with E-state index in [9.17, 15) is 4.79 Å². The Morgan fingerprint density at radius 3 is 2.48 bits per heavy atom. The molecule has 2 aliphatic rings. The average molecular weight is 339 g/mol. The van der Waals surface area contributed by atoms with Crippen LogP contribution in [0.1, 0.15) is 15.9 Å². The number of hydrogen-bond acceptors (Lipinski definition) is 6. The molecule has 2 aromatic rings. The van der Waals surface area contributed by atoms with E-state index in [2.05, 4.69) is 44.5 Å². The van der Waals surface area contributed by atoms with E-state index in [0.29, 0.717) is 17.8 Å². The molecule has 130 valence electrons. The zero-order valence-electron chi connectivity index (χ0n) is 13.8. The van der Waals surface area contributed by atoms with E-state index in [1.807, 2.05) is 6.07 Å². The lowest BCUT2D eigenvalue weighted by molar-refractivity contribution is 0.0705. The number of rotatable bonds is 6. The molecule has 2 unspecified atom stereocenters. The van der Waals surface area contributed by atoms with Crippen LogP contribution < -0.4 is 15.7 Å². The van der Waals surface area contributed by atoms with Crippen molar-refractivity contribution in [2.75, 3.05) is 24.5 Å². The van der Waals surface area contributed by atoms with Gasteiger partial charge in [-0.2, -0.15) is 0 Å². The molecule has 1 aromatic heterocycles. The van der Waals surface area contributed by atoms with Crippen molar-refractivity contribution in [3.63, 3.8) is 0 Å². The Balaban J connectivity index is 1.24. The van der Waals surface area contributed by atoms with Gasteiger partial charge in [0.2, 0.25) is 5.95 Å². The molecule has 1 aromatic carbocycles. The van der Waals surface area contributed by atoms with Gasteiger partial charge in [0.1, 0.15) is 0 Å². The van der Waals surface area contributed by atoms with Gasteiger partial charge < -0.3 is 10.2 Å². The van der Waals surface area contributed by atoms with E-state index in [4.69, 9.17) is 5.21 Å². The first-order chi connectivity index (χ1) is 12.3. The van der Waals surface area contributed by atoms with Crippen LogP contribution in [0.25, 0.3) is 0 Å². The summed E-state index contributed by atoms with van der Waals surface area (Å²) in [7, 11) is 0. The summed E-state index contributed by atoms with van der Waals surface area (Å²) in [6.45, 7) is 3.90. The number of aromatic nitrogens is 2. The third-order valence-electron chi connectivity index (χ3n) is 5.21. The van der Waals surface area contributed by atoms with E-state index < -0.39 is 5.91 Å². The highest BCUT2D eigenvalue weighted by Gasteiger charge is 2.55. The molecule has 1 amide bonds. The van der Waals surface area contributed by atoms with Crippen LogP contribution in [0.15, 0.2) is 42.7 Å². The molecule has 1 aliphatic heterocycles. The summed E-state index contributed by atoms with van der Waals surface area (Å²) in [6, 6.07) is 10.4. The average Bonchev–Trinajstić information content (AvgIpc) is 3.11. The summed E-state index contributed by atoms with van der Waals surface area (Å²) >= 11 is 0. The number of anilines is 1. The Labute approximate surface area is 146 Å². The van der Waals surface area contributed by atoms with Gasteiger partial charge in [0.15, 0.2) is 0 Å². The number of hydroxylamine groups is 1. The highest BCUT2D eigenvalue weighted by atomic mass is 16.5. The van der Waals surface area contributed by atoms with Crippen molar-refractivity contribution >= 4 is 11.9 Å². The molecule has 0 radical (unpaired) electrons. The van der Waals surface area contributed by atoms with Crippen LogP contribution >= 0.6 is 0 Å². The second kappa shape index (κ2) is 6.78. The lowest BCUT2D eigenvalue weighted by Crippen LogP contribution is -2.29. The standard InChI is InChI=1S/C18H21N5O2/c24-17(22-25)13-7-20-18(21-8-13)23-10-15-14(16(15)11-23)9-19-6-12-4-2-1-3-5-12/h1-5,7-8,14-16,19,25H,6,9-11H2,(H,22,24). The van der Waals surface area contributed by atoms with E-state index >= 15 is 0 Å². The number of nitrogens with zero attached hydrogens (tertiary/aromatic N) is 3. The molecule has 1 saturated heterocycles. The van der Waals surface area contributed by atoms with Gasteiger partial charge in [-0.05, 0) is 29.9 Å². The first kappa shape index (κ1) is 16.0. The summed E-state index contributed by atoms with van der Waals surface area (Å²) in [5.74, 6) is 2.19. The van der Waals surface area contributed by atoms with E-state index in [1.165, 1.54) is 18.0 Å². The topological polar surface area (TPSA) is 90.4 Å². The predicted molar refractivity (Wildman–Crippen MR) is 92.1 cm³/mol.